The number of nitrogens with zero attached hydrogens (tertiary/aromatic N) is 2. The zero-order chi connectivity index (χ0) is 23.0. The maximum atomic E-state index is 12.4. The Bertz CT molecular complexity index is 1280. The molecule has 1 amide bonds. The van der Waals surface area contributed by atoms with Crippen LogP contribution in [-0.2, 0) is 4.79 Å². The first-order valence-electron chi connectivity index (χ1n) is 10.2. The third-order valence-electron chi connectivity index (χ3n) is 4.79. The van der Waals surface area contributed by atoms with Crippen LogP contribution in [0.1, 0.15) is 5.56 Å². The van der Waals surface area contributed by atoms with E-state index in [4.69, 9.17) is 10.5 Å². The van der Waals surface area contributed by atoms with Crippen molar-refractivity contribution in [3.05, 3.63) is 95.9 Å². The first kappa shape index (κ1) is 22.0. The molecule has 0 unspecified atom stereocenters. The summed E-state index contributed by atoms with van der Waals surface area (Å²) in [5.41, 5.74) is 10.5. The van der Waals surface area contributed by atoms with Crippen molar-refractivity contribution in [2.24, 2.45) is 10.2 Å². The highest BCUT2D eigenvalue weighted by atomic mass is 32.1. The van der Waals surface area contributed by atoms with E-state index in [-0.39, 0.29) is 5.91 Å². The molecule has 0 saturated carbocycles. The van der Waals surface area contributed by atoms with Gasteiger partial charge in [0, 0.05) is 11.0 Å². The number of rotatable bonds is 7. The number of carbonyl (C=O) groups is 1. The third kappa shape index (κ3) is 5.93. The Kier molecular flexibility index (Phi) is 6.92. The normalized spacial score (nSPS) is 11.2. The molecule has 0 aliphatic heterocycles. The van der Waals surface area contributed by atoms with Gasteiger partial charge in [-0.1, -0.05) is 24.3 Å². The quantitative estimate of drug-likeness (QED) is 0.178. The molecule has 6 nitrogen and oxygen atoms in total. The molecular weight excluding hydrogens is 432 g/mol. The van der Waals surface area contributed by atoms with Gasteiger partial charge in [-0.05, 0) is 77.2 Å². The lowest BCUT2D eigenvalue weighted by Gasteiger charge is -2.08. The van der Waals surface area contributed by atoms with Crippen LogP contribution < -0.4 is 15.8 Å². The van der Waals surface area contributed by atoms with Crippen molar-refractivity contribution in [2.75, 3.05) is 18.2 Å². The van der Waals surface area contributed by atoms with Crippen molar-refractivity contribution in [1.29, 1.82) is 0 Å². The second kappa shape index (κ2) is 10.4. The smallest absolute Gasteiger partial charge is 0.248 e. The van der Waals surface area contributed by atoms with Crippen molar-refractivity contribution < 1.29 is 9.53 Å². The standard InChI is InChI=1S/C26H22N4O2S/c1-32-22-12-10-21(11-13-22)30-29-20-8-4-18(5-9-20)6-15-26(31)28-24-17-19(7-14-23(24)27)25-3-2-16-33-25/h2-17H,27H2,1H3,(H,28,31)/b15-6+,30-29?. The third-order valence-corrected chi connectivity index (χ3v) is 5.71. The van der Waals surface area contributed by atoms with Gasteiger partial charge in [0.15, 0.2) is 0 Å². The van der Waals surface area contributed by atoms with Crippen LogP contribution in [0.4, 0.5) is 22.7 Å². The molecule has 0 fully saturated rings. The summed E-state index contributed by atoms with van der Waals surface area (Å²) in [5.74, 6) is 0.514. The minimum absolute atomic E-state index is 0.256. The Morgan fingerprint density at radius 2 is 1.67 bits per heavy atom. The van der Waals surface area contributed by atoms with Crippen LogP contribution in [0.5, 0.6) is 5.75 Å². The van der Waals surface area contributed by atoms with E-state index >= 15 is 0 Å². The van der Waals surface area contributed by atoms with E-state index in [9.17, 15) is 4.79 Å². The molecule has 33 heavy (non-hydrogen) atoms. The van der Waals surface area contributed by atoms with Crippen LogP contribution in [-0.4, -0.2) is 13.0 Å². The van der Waals surface area contributed by atoms with Gasteiger partial charge in [0.25, 0.3) is 0 Å². The minimum Gasteiger partial charge on any atom is -0.497 e. The fourth-order valence-electron chi connectivity index (χ4n) is 3.02. The summed E-state index contributed by atoms with van der Waals surface area (Å²) in [6.07, 6.45) is 3.21. The van der Waals surface area contributed by atoms with Gasteiger partial charge in [-0.25, -0.2) is 0 Å². The number of anilines is 2. The number of nitrogens with one attached hydrogen (secondary N) is 1. The Morgan fingerprint density at radius 3 is 2.30 bits per heavy atom. The van der Waals surface area contributed by atoms with Gasteiger partial charge in [-0.15, -0.1) is 11.3 Å². The Morgan fingerprint density at radius 1 is 0.970 bits per heavy atom. The van der Waals surface area contributed by atoms with E-state index in [1.54, 1.807) is 30.6 Å². The lowest BCUT2D eigenvalue weighted by atomic mass is 10.1. The van der Waals surface area contributed by atoms with E-state index in [2.05, 4.69) is 15.5 Å². The highest BCUT2D eigenvalue weighted by Crippen LogP contribution is 2.30. The second-order valence-corrected chi connectivity index (χ2v) is 8.04. The van der Waals surface area contributed by atoms with Gasteiger partial charge in [-0.3, -0.25) is 4.79 Å². The molecule has 164 valence electrons. The van der Waals surface area contributed by atoms with Crippen molar-refractivity contribution in [2.45, 2.75) is 0 Å². The summed E-state index contributed by atoms with van der Waals surface area (Å²) >= 11 is 1.63. The fraction of sp³-hybridized carbons (Fsp3) is 0.0385. The summed E-state index contributed by atoms with van der Waals surface area (Å²) in [7, 11) is 1.62. The molecule has 0 aliphatic rings. The largest absolute Gasteiger partial charge is 0.497 e. The SMILES string of the molecule is COc1ccc(N=Nc2ccc(/C=C/C(=O)Nc3cc(-c4cccs4)ccc3N)cc2)cc1. The van der Waals surface area contributed by atoms with E-state index in [1.165, 1.54) is 6.08 Å². The molecule has 0 bridgehead atoms. The molecule has 7 heteroatoms. The van der Waals surface area contributed by atoms with Crippen LogP contribution >= 0.6 is 11.3 Å². The lowest BCUT2D eigenvalue weighted by Crippen LogP contribution is -2.09. The van der Waals surface area contributed by atoms with E-state index in [0.29, 0.717) is 17.1 Å². The van der Waals surface area contributed by atoms with E-state index in [0.717, 1.165) is 27.4 Å². The highest BCUT2D eigenvalue weighted by Gasteiger charge is 2.06. The first-order valence-corrected chi connectivity index (χ1v) is 11.1. The molecule has 0 saturated heterocycles. The maximum Gasteiger partial charge on any atom is 0.248 e. The van der Waals surface area contributed by atoms with Crippen molar-refractivity contribution in [3.8, 4) is 16.2 Å². The topological polar surface area (TPSA) is 89.1 Å². The van der Waals surface area contributed by atoms with Gasteiger partial charge < -0.3 is 15.8 Å². The molecular formula is C26H22N4O2S. The lowest BCUT2D eigenvalue weighted by molar-refractivity contribution is -0.111. The fourth-order valence-corrected chi connectivity index (χ4v) is 3.75. The van der Waals surface area contributed by atoms with Gasteiger partial charge in [0.2, 0.25) is 5.91 Å². The number of nitrogen functional groups attached to an aromatic ring is 1. The molecule has 4 rings (SSSR count). The van der Waals surface area contributed by atoms with E-state index in [1.807, 2.05) is 78.2 Å². The van der Waals surface area contributed by atoms with E-state index < -0.39 is 0 Å². The summed E-state index contributed by atoms with van der Waals surface area (Å²) < 4.78 is 5.13. The molecule has 1 heterocycles. The number of amides is 1. The van der Waals surface area contributed by atoms with Gasteiger partial charge in [-0.2, -0.15) is 10.2 Å². The predicted molar refractivity (Wildman–Crippen MR) is 135 cm³/mol. The molecule has 3 aromatic carbocycles. The highest BCUT2D eigenvalue weighted by molar-refractivity contribution is 7.13. The molecule has 0 aliphatic carbocycles. The molecule has 0 atom stereocenters. The Balaban J connectivity index is 1.37. The van der Waals surface area contributed by atoms with Gasteiger partial charge >= 0.3 is 0 Å². The Hall–Kier alpha value is -4.23. The zero-order valence-electron chi connectivity index (χ0n) is 17.9. The molecule has 4 aromatic rings. The second-order valence-electron chi connectivity index (χ2n) is 7.09. The minimum atomic E-state index is -0.256. The monoisotopic (exact) mass is 454 g/mol. The number of hydrogen-bond acceptors (Lipinski definition) is 6. The van der Waals surface area contributed by atoms with Crippen molar-refractivity contribution >= 4 is 46.1 Å². The number of ether oxygens (including phenoxy) is 1. The van der Waals surface area contributed by atoms with Gasteiger partial charge in [0.05, 0.1) is 29.9 Å². The molecule has 0 radical (unpaired) electrons. The summed E-state index contributed by atoms with van der Waals surface area (Å²) in [6, 6.07) is 24.4. The van der Waals surface area contributed by atoms with Crippen molar-refractivity contribution in [1.82, 2.24) is 0 Å². The number of nitrogens with two attached hydrogens (primary N) is 1. The van der Waals surface area contributed by atoms with Crippen molar-refractivity contribution in [3.63, 3.8) is 0 Å². The number of hydrogen-bond donors (Lipinski definition) is 2. The number of methoxy groups -OCH3 is 1. The van der Waals surface area contributed by atoms with Crippen LogP contribution in [0.2, 0.25) is 0 Å². The molecule has 0 spiro atoms. The van der Waals surface area contributed by atoms with Crippen LogP contribution in [0, 0.1) is 0 Å². The first-order chi connectivity index (χ1) is 16.1. The Labute approximate surface area is 196 Å². The average Bonchev–Trinajstić information content (AvgIpc) is 3.39. The van der Waals surface area contributed by atoms with Gasteiger partial charge in [0.1, 0.15) is 5.75 Å². The van der Waals surface area contributed by atoms with Crippen LogP contribution in [0.25, 0.3) is 16.5 Å². The zero-order valence-corrected chi connectivity index (χ0v) is 18.8. The maximum absolute atomic E-state index is 12.4. The van der Waals surface area contributed by atoms with Crippen LogP contribution in [0.15, 0.2) is 101 Å². The van der Waals surface area contributed by atoms with Crippen LogP contribution in [0.3, 0.4) is 0 Å². The summed E-state index contributed by atoms with van der Waals surface area (Å²) in [6.45, 7) is 0. The molecule has 3 N–H and O–H groups in total. The average molecular weight is 455 g/mol. The summed E-state index contributed by atoms with van der Waals surface area (Å²) in [4.78, 5) is 13.5. The summed E-state index contributed by atoms with van der Waals surface area (Å²) in [5, 5.41) is 13.3. The number of thiophene rings is 1. The number of carbonyl (C=O) groups excluding carboxylic acids is 1. The number of azo groups is 1. The number of benzene rings is 3. The predicted octanol–water partition coefficient (Wildman–Crippen LogP) is 7.07. The molecule has 1 aromatic heterocycles.